The van der Waals surface area contributed by atoms with Gasteiger partial charge in [0.2, 0.25) is 5.91 Å². The lowest BCUT2D eigenvalue weighted by Crippen LogP contribution is -2.12. The van der Waals surface area contributed by atoms with Crippen LogP contribution < -0.4 is 5.32 Å². The number of anilines is 1. The standard InChI is InChI=1S/C16H20N2O/c1-13-7-8-15(12-14(13)2)17-16(19)6-5-11-18-9-3-4-10-18/h3-4,7-10,12H,5-6,11H2,1-2H3,(H,17,19). The van der Waals surface area contributed by atoms with Crippen molar-refractivity contribution in [2.75, 3.05) is 5.32 Å². The minimum Gasteiger partial charge on any atom is -0.354 e. The van der Waals surface area contributed by atoms with Gasteiger partial charge < -0.3 is 9.88 Å². The van der Waals surface area contributed by atoms with Crippen LogP contribution in [0.15, 0.2) is 42.7 Å². The van der Waals surface area contributed by atoms with Crippen LogP contribution >= 0.6 is 0 Å². The summed E-state index contributed by atoms with van der Waals surface area (Å²) < 4.78 is 2.09. The van der Waals surface area contributed by atoms with Crippen molar-refractivity contribution in [1.29, 1.82) is 0 Å². The van der Waals surface area contributed by atoms with Crippen LogP contribution in [0.2, 0.25) is 0 Å². The third kappa shape index (κ3) is 3.98. The molecule has 0 unspecified atom stereocenters. The van der Waals surface area contributed by atoms with Crippen LogP contribution in [0.1, 0.15) is 24.0 Å². The van der Waals surface area contributed by atoms with Gasteiger partial charge in [-0.15, -0.1) is 0 Å². The third-order valence-corrected chi connectivity index (χ3v) is 3.28. The molecule has 1 aromatic carbocycles. The molecule has 0 aliphatic heterocycles. The van der Waals surface area contributed by atoms with Gasteiger partial charge in [-0.25, -0.2) is 0 Å². The van der Waals surface area contributed by atoms with Crippen LogP contribution in [0, 0.1) is 13.8 Å². The van der Waals surface area contributed by atoms with Crippen LogP contribution in [0.5, 0.6) is 0 Å². The molecule has 0 spiro atoms. The van der Waals surface area contributed by atoms with Gasteiger partial charge in [-0.05, 0) is 55.7 Å². The summed E-state index contributed by atoms with van der Waals surface area (Å²) in [5.74, 6) is 0.0791. The number of carbonyl (C=O) groups excluding carboxylic acids is 1. The molecule has 1 amide bonds. The molecule has 0 aliphatic rings. The number of hydrogen-bond acceptors (Lipinski definition) is 1. The monoisotopic (exact) mass is 256 g/mol. The SMILES string of the molecule is Cc1ccc(NC(=O)CCCn2cccc2)cc1C. The van der Waals surface area contributed by atoms with Crippen molar-refractivity contribution in [3.63, 3.8) is 0 Å². The van der Waals surface area contributed by atoms with Crippen molar-refractivity contribution in [1.82, 2.24) is 4.57 Å². The Balaban J connectivity index is 1.79. The fourth-order valence-corrected chi connectivity index (χ4v) is 1.98. The van der Waals surface area contributed by atoms with Gasteiger partial charge in [0.05, 0.1) is 0 Å². The highest BCUT2D eigenvalue weighted by Crippen LogP contribution is 2.14. The first-order valence-corrected chi connectivity index (χ1v) is 6.63. The molecule has 3 nitrogen and oxygen atoms in total. The molecule has 1 heterocycles. The summed E-state index contributed by atoms with van der Waals surface area (Å²) in [5.41, 5.74) is 3.32. The van der Waals surface area contributed by atoms with Gasteiger partial charge in [-0.1, -0.05) is 6.07 Å². The molecule has 1 aromatic heterocycles. The summed E-state index contributed by atoms with van der Waals surface area (Å²) in [6.45, 7) is 5.00. The van der Waals surface area contributed by atoms with Crippen LogP contribution in [-0.4, -0.2) is 10.5 Å². The highest BCUT2D eigenvalue weighted by Gasteiger charge is 2.03. The van der Waals surface area contributed by atoms with E-state index in [1.807, 2.05) is 42.7 Å². The van der Waals surface area contributed by atoms with Gasteiger partial charge in [0.15, 0.2) is 0 Å². The number of carbonyl (C=O) groups is 1. The van der Waals surface area contributed by atoms with E-state index < -0.39 is 0 Å². The van der Waals surface area contributed by atoms with E-state index in [1.54, 1.807) is 0 Å². The normalized spacial score (nSPS) is 10.4. The molecule has 0 fully saturated rings. The van der Waals surface area contributed by atoms with E-state index in [0.29, 0.717) is 6.42 Å². The first-order chi connectivity index (χ1) is 9.15. The fourth-order valence-electron chi connectivity index (χ4n) is 1.98. The van der Waals surface area contributed by atoms with Crippen LogP contribution in [0.3, 0.4) is 0 Å². The number of hydrogen-bond donors (Lipinski definition) is 1. The maximum absolute atomic E-state index is 11.8. The number of benzene rings is 1. The number of aryl methyl sites for hydroxylation is 3. The number of nitrogens with one attached hydrogen (secondary N) is 1. The Kier molecular flexibility index (Phi) is 4.39. The summed E-state index contributed by atoms with van der Waals surface area (Å²) in [6, 6.07) is 9.99. The summed E-state index contributed by atoms with van der Waals surface area (Å²) in [7, 11) is 0. The predicted molar refractivity (Wildman–Crippen MR) is 78.2 cm³/mol. The van der Waals surface area contributed by atoms with Crippen LogP contribution in [0.25, 0.3) is 0 Å². The van der Waals surface area contributed by atoms with Crippen LogP contribution in [-0.2, 0) is 11.3 Å². The molecular formula is C16H20N2O. The van der Waals surface area contributed by atoms with Gasteiger partial charge in [-0.2, -0.15) is 0 Å². The van der Waals surface area contributed by atoms with E-state index in [0.717, 1.165) is 18.7 Å². The minimum absolute atomic E-state index is 0.0791. The van der Waals surface area contributed by atoms with E-state index in [1.165, 1.54) is 11.1 Å². The van der Waals surface area contributed by atoms with E-state index in [2.05, 4.69) is 23.7 Å². The molecule has 0 atom stereocenters. The molecule has 2 rings (SSSR count). The summed E-state index contributed by atoms with van der Waals surface area (Å²) in [4.78, 5) is 11.8. The van der Waals surface area contributed by atoms with Gasteiger partial charge in [0, 0.05) is 31.0 Å². The zero-order valence-corrected chi connectivity index (χ0v) is 11.5. The van der Waals surface area contributed by atoms with Crippen LogP contribution in [0.4, 0.5) is 5.69 Å². The molecule has 0 saturated heterocycles. The maximum atomic E-state index is 11.8. The first kappa shape index (κ1) is 13.4. The Morgan fingerprint density at radius 1 is 1.16 bits per heavy atom. The molecule has 19 heavy (non-hydrogen) atoms. The van der Waals surface area contributed by atoms with Gasteiger partial charge in [0.25, 0.3) is 0 Å². The van der Waals surface area contributed by atoms with Crippen molar-refractivity contribution in [3.8, 4) is 0 Å². The van der Waals surface area contributed by atoms with Crippen molar-refractivity contribution >= 4 is 11.6 Å². The summed E-state index contributed by atoms with van der Waals surface area (Å²) in [5, 5.41) is 2.94. The Hall–Kier alpha value is -2.03. The highest BCUT2D eigenvalue weighted by molar-refractivity contribution is 5.90. The van der Waals surface area contributed by atoms with Crippen molar-refractivity contribution < 1.29 is 4.79 Å². The molecular weight excluding hydrogens is 236 g/mol. The number of amides is 1. The smallest absolute Gasteiger partial charge is 0.224 e. The molecule has 0 bridgehead atoms. The zero-order chi connectivity index (χ0) is 13.7. The largest absolute Gasteiger partial charge is 0.354 e. The molecule has 1 N–H and O–H groups in total. The lowest BCUT2D eigenvalue weighted by atomic mass is 10.1. The topological polar surface area (TPSA) is 34.0 Å². The molecule has 0 saturated carbocycles. The molecule has 0 aliphatic carbocycles. The molecule has 100 valence electrons. The Labute approximate surface area is 114 Å². The lowest BCUT2D eigenvalue weighted by Gasteiger charge is -2.08. The second-order valence-corrected chi connectivity index (χ2v) is 4.87. The third-order valence-electron chi connectivity index (χ3n) is 3.28. The zero-order valence-electron chi connectivity index (χ0n) is 11.5. The van der Waals surface area contributed by atoms with Gasteiger partial charge >= 0.3 is 0 Å². The summed E-state index contributed by atoms with van der Waals surface area (Å²) >= 11 is 0. The second kappa shape index (κ2) is 6.23. The quantitative estimate of drug-likeness (QED) is 0.872. The maximum Gasteiger partial charge on any atom is 0.224 e. The molecule has 3 heteroatoms. The van der Waals surface area contributed by atoms with E-state index in [9.17, 15) is 4.79 Å². The summed E-state index contributed by atoms with van der Waals surface area (Å²) in [6.07, 6.45) is 5.43. The van der Waals surface area contributed by atoms with Gasteiger partial charge in [0.1, 0.15) is 0 Å². The number of rotatable bonds is 5. The molecule has 0 radical (unpaired) electrons. The number of aromatic nitrogens is 1. The Bertz CT molecular complexity index is 544. The van der Waals surface area contributed by atoms with E-state index in [4.69, 9.17) is 0 Å². The predicted octanol–water partition coefficient (Wildman–Crippen LogP) is 3.52. The average Bonchev–Trinajstić information content (AvgIpc) is 2.87. The Morgan fingerprint density at radius 3 is 2.58 bits per heavy atom. The first-order valence-electron chi connectivity index (χ1n) is 6.63. The highest BCUT2D eigenvalue weighted by atomic mass is 16.1. The van der Waals surface area contributed by atoms with Crippen molar-refractivity contribution in [3.05, 3.63) is 53.9 Å². The van der Waals surface area contributed by atoms with Gasteiger partial charge in [-0.3, -0.25) is 4.79 Å². The van der Waals surface area contributed by atoms with E-state index in [-0.39, 0.29) is 5.91 Å². The van der Waals surface area contributed by atoms with E-state index >= 15 is 0 Å². The Morgan fingerprint density at radius 2 is 1.89 bits per heavy atom. The number of nitrogens with zero attached hydrogens (tertiary/aromatic N) is 1. The van der Waals surface area contributed by atoms with Crippen molar-refractivity contribution in [2.24, 2.45) is 0 Å². The lowest BCUT2D eigenvalue weighted by molar-refractivity contribution is -0.116. The van der Waals surface area contributed by atoms with Crippen molar-refractivity contribution in [2.45, 2.75) is 33.2 Å². The molecule has 2 aromatic rings. The fraction of sp³-hybridized carbons (Fsp3) is 0.312. The minimum atomic E-state index is 0.0791. The second-order valence-electron chi connectivity index (χ2n) is 4.87. The average molecular weight is 256 g/mol.